The van der Waals surface area contributed by atoms with Crippen LogP contribution in [0.5, 0.6) is 0 Å². The van der Waals surface area contributed by atoms with Crippen LogP contribution >= 0.6 is 0 Å². The number of nitro benzene ring substituents is 1. The summed E-state index contributed by atoms with van der Waals surface area (Å²) in [6.07, 6.45) is 0. The molecule has 0 atom stereocenters. The van der Waals surface area contributed by atoms with Gasteiger partial charge in [0.05, 0.1) is 10.5 Å². The van der Waals surface area contributed by atoms with Crippen molar-refractivity contribution in [2.45, 2.75) is 13.1 Å². The molecule has 27 heavy (non-hydrogen) atoms. The molecule has 1 heterocycles. The molecule has 0 bridgehead atoms. The predicted octanol–water partition coefficient (Wildman–Crippen LogP) is 1.23. The highest BCUT2D eigenvalue weighted by Gasteiger charge is 2.25. The lowest BCUT2D eigenvalue weighted by Crippen LogP contribution is -3.27. The lowest BCUT2D eigenvalue weighted by Gasteiger charge is -2.29. The minimum absolute atomic E-state index is 0.246. The van der Waals surface area contributed by atoms with E-state index in [-0.39, 0.29) is 10.6 Å². The minimum Gasteiger partial charge on any atom is -0.322 e. The molecular formula is C22H25N3O2+2. The molecule has 5 nitrogen and oxygen atoms in total. The van der Waals surface area contributed by atoms with Crippen molar-refractivity contribution >= 4 is 16.5 Å². The minimum atomic E-state index is -0.268. The van der Waals surface area contributed by atoms with Crippen LogP contribution in [0, 0.1) is 10.1 Å². The third-order valence-corrected chi connectivity index (χ3v) is 5.56. The second-order valence-electron chi connectivity index (χ2n) is 7.42. The molecule has 2 N–H and O–H groups in total. The maximum absolute atomic E-state index is 11.2. The van der Waals surface area contributed by atoms with Crippen molar-refractivity contribution in [3.63, 3.8) is 0 Å². The van der Waals surface area contributed by atoms with E-state index in [0.29, 0.717) is 0 Å². The number of para-hydroxylation sites is 1. The van der Waals surface area contributed by atoms with Gasteiger partial charge in [0.25, 0.3) is 5.69 Å². The Morgan fingerprint density at radius 3 is 2.15 bits per heavy atom. The molecule has 0 spiro atoms. The first-order valence-electron chi connectivity index (χ1n) is 9.56. The summed E-state index contributed by atoms with van der Waals surface area (Å²) < 4.78 is 0. The maximum Gasteiger partial charge on any atom is 0.278 e. The summed E-state index contributed by atoms with van der Waals surface area (Å²) in [4.78, 5) is 14.0. The Kier molecular flexibility index (Phi) is 5.14. The highest BCUT2D eigenvalue weighted by molar-refractivity contribution is 5.82. The molecule has 0 amide bonds. The first-order valence-corrected chi connectivity index (χ1v) is 9.56. The summed E-state index contributed by atoms with van der Waals surface area (Å²) in [6.45, 7) is 6.08. The summed E-state index contributed by atoms with van der Waals surface area (Å²) >= 11 is 0. The number of hydrogen-bond donors (Lipinski definition) is 2. The van der Waals surface area contributed by atoms with Gasteiger partial charge >= 0.3 is 0 Å². The van der Waals surface area contributed by atoms with E-state index in [1.165, 1.54) is 21.2 Å². The van der Waals surface area contributed by atoms with E-state index in [1.807, 2.05) is 12.1 Å². The zero-order chi connectivity index (χ0) is 18.6. The third-order valence-electron chi connectivity index (χ3n) is 5.56. The van der Waals surface area contributed by atoms with Gasteiger partial charge in [0.2, 0.25) is 0 Å². The Hall–Kier alpha value is -2.76. The van der Waals surface area contributed by atoms with Gasteiger partial charge in [-0.2, -0.15) is 0 Å². The van der Waals surface area contributed by atoms with E-state index in [9.17, 15) is 10.1 Å². The van der Waals surface area contributed by atoms with Crippen LogP contribution in [0.25, 0.3) is 10.8 Å². The standard InChI is InChI=1S/C22H23N3O2/c26-25(27)22-8-4-3-7-21(22)17-24-13-11-23(12-14-24)16-18-9-10-19-5-1-2-6-20(19)15-18/h1-10,15H,11-14,16-17H2/p+2. The largest absolute Gasteiger partial charge is 0.322 e. The van der Waals surface area contributed by atoms with Crippen LogP contribution in [0.2, 0.25) is 0 Å². The molecule has 0 aliphatic carbocycles. The molecular weight excluding hydrogens is 338 g/mol. The Bertz CT molecular complexity index is 949. The summed E-state index contributed by atoms with van der Waals surface area (Å²) in [7, 11) is 0. The number of rotatable bonds is 5. The average molecular weight is 363 g/mol. The van der Waals surface area contributed by atoms with Crippen molar-refractivity contribution < 1.29 is 14.7 Å². The Morgan fingerprint density at radius 2 is 1.41 bits per heavy atom. The van der Waals surface area contributed by atoms with Crippen molar-refractivity contribution in [2.24, 2.45) is 0 Å². The highest BCUT2D eigenvalue weighted by Crippen LogP contribution is 2.16. The Labute approximate surface area is 159 Å². The first-order chi connectivity index (χ1) is 13.2. The van der Waals surface area contributed by atoms with E-state index >= 15 is 0 Å². The normalized spacial score (nSPS) is 19.9. The quantitative estimate of drug-likeness (QED) is 0.529. The van der Waals surface area contributed by atoms with Gasteiger partial charge in [-0.3, -0.25) is 10.1 Å². The van der Waals surface area contributed by atoms with Gasteiger partial charge in [-0.15, -0.1) is 0 Å². The SMILES string of the molecule is O=[N+]([O-])c1ccccc1C[NH+]1CC[NH+](Cc2ccc3ccccc3c2)CC1. The third kappa shape index (κ3) is 4.15. The van der Waals surface area contributed by atoms with Gasteiger partial charge < -0.3 is 9.80 Å². The molecule has 1 aliphatic heterocycles. The fourth-order valence-electron chi connectivity index (χ4n) is 4.06. The molecule has 0 unspecified atom stereocenters. The number of benzene rings is 3. The second-order valence-corrected chi connectivity index (χ2v) is 7.42. The molecule has 0 saturated carbocycles. The number of hydrogen-bond acceptors (Lipinski definition) is 2. The first kappa shape index (κ1) is 17.6. The fraction of sp³-hybridized carbons (Fsp3) is 0.273. The molecule has 0 aromatic heterocycles. The molecule has 0 radical (unpaired) electrons. The van der Waals surface area contributed by atoms with Crippen LogP contribution in [0.3, 0.4) is 0 Å². The Balaban J connectivity index is 1.35. The van der Waals surface area contributed by atoms with Crippen LogP contribution in [-0.2, 0) is 13.1 Å². The van der Waals surface area contributed by atoms with Crippen LogP contribution < -0.4 is 9.80 Å². The van der Waals surface area contributed by atoms with Gasteiger partial charge in [-0.25, -0.2) is 0 Å². The van der Waals surface area contributed by atoms with E-state index in [0.717, 1.165) is 44.8 Å². The summed E-state index contributed by atoms with van der Waals surface area (Å²) in [6, 6.07) is 22.4. The fourth-order valence-corrected chi connectivity index (χ4v) is 4.06. The molecule has 3 aromatic carbocycles. The number of nitrogens with zero attached hydrogens (tertiary/aromatic N) is 1. The average Bonchev–Trinajstić information content (AvgIpc) is 2.70. The predicted molar refractivity (Wildman–Crippen MR) is 106 cm³/mol. The number of nitro groups is 1. The van der Waals surface area contributed by atoms with Crippen LogP contribution in [0.4, 0.5) is 5.69 Å². The molecule has 1 aliphatic rings. The van der Waals surface area contributed by atoms with E-state index < -0.39 is 0 Å². The molecule has 5 heteroatoms. The van der Waals surface area contributed by atoms with Gasteiger partial charge in [0.1, 0.15) is 39.3 Å². The summed E-state index contributed by atoms with van der Waals surface area (Å²) in [5, 5.41) is 13.8. The summed E-state index contributed by atoms with van der Waals surface area (Å²) in [5.41, 5.74) is 2.47. The zero-order valence-corrected chi connectivity index (χ0v) is 15.4. The molecule has 4 rings (SSSR count). The lowest BCUT2D eigenvalue weighted by atomic mass is 10.1. The molecule has 138 valence electrons. The van der Waals surface area contributed by atoms with Crippen LogP contribution in [0.1, 0.15) is 11.1 Å². The van der Waals surface area contributed by atoms with Gasteiger partial charge in [-0.1, -0.05) is 48.5 Å². The van der Waals surface area contributed by atoms with Crippen molar-refractivity contribution in [3.8, 4) is 0 Å². The maximum atomic E-state index is 11.2. The van der Waals surface area contributed by atoms with Crippen molar-refractivity contribution in [1.82, 2.24) is 0 Å². The van der Waals surface area contributed by atoms with Crippen LogP contribution in [-0.4, -0.2) is 31.1 Å². The van der Waals surface area contributed by atoms with Gasteiger partial charge in [-0.05, 0) is 22.9 Å². The van der Waals surface area contributed by atoms with E-state index in [1.54, 1.807) is 17.0 Å². The zero-order valence-electron chi connectivity index (χ0n) is 15.4. The molecule has 1 fully saturated rings. The monoisotopic (exact) mass is 363 g/mol. The van der Waals surface area contributed by atoms with E-state index in [4.69, 9.17) is 0 Å². The number of piperazine rings is 1. The number of fused-ring (bicyclic) bond motifs is 1. The summed E-state index contributed by atoms with van der Waals surface area (Å²) in [5.74, 6) is 0. The lowest BCUT2D eigenvalue weighted by molar-refractivity contribution is -1.02. The van der Waals surface area contributed by atoms with E-state index in [2.05, 4.69) is 42.5 Å². The topological polar surface area (TPSA) is 52.0 Å². The Morgan fingerprint density at radius 1 is 0.778 bits per heavy atom. The smallest absolute Gasteiger partial charge is 0.278 e. The highest BCUT2D eigenvalue weighted by atomic mass is 16.6. The molecule has 3 aromatic rings. The van der Waals surface area contributed by atoms with Gasteiger partial charge in [0.15, 0.2) is 0 Å². The number of nitrogens with one attached hydrogen (secondary N) is 2. The van der Waals surface area contributed by atoms with Crippen molar-refractivity contribution in [3.05, 3.63) is 88.0 Å². The number of quaternary nitrogens is 2. The van der Waals surface area contributed by atoms with Gasteiger partial charge in [0, 0.05) is 11.6 Å². The second kappa shape index (κ2) is 7.86. The van der Waals surface area contributed by atoms with Crippen molar-refractivity contribution in [2.75, 3.05) is 26.2 Å². The van der Waals surface area contributed by atoms with Crippen molar-refractivity contribution in [1.29, 1.82) is 0 Å². The molecule has 1 saturated heterocycles. The van der Waals surface area contributed by atoms with Crippen LogP contribution in [0.15, 0.2) is 66.7 Å².